The van der Waals surface area contributed by atoms with Crippen LogP contribution in [-0.2, 0) is 7.05 Å². The van der Waals surface area contributed by atoms with E-state index in [0.29, 0.717) is 0 Å². The molecule has 0 fully saturated rings. The Bertz CT molecular complexity index is 1230. The smallest absolute Gasteiger partial charge is 0.267 e. The van der Waals surface area contributed by atoms with E-state index in [1.807, 2.05) is 17.8 Å². The van der Waals surface area contributed by atoms with Crippen LogP contribution in [0.5, 0.6) is 0 Å². The van der Waals surface area contributed by atoms with E-state index >= 15 is 0 Å². The molecule has 24 heavy (non-hydrogen) atoms. The van der Waals surface area contributed by atoms with E-state index in [9.17, 15) is 0 Å². The third-order valence-electron chi connectivity index (χ3n) is 4.63. The first-order chi connectivity index (χ1) is 11.7. The Labute approximate surface area is 137 Å². The van der Waals surface area contributed by atoms with Gasteiger partial charge in [-0.15, -0.1) is 0 Å². The Morgan fingerprint density at radius 2 is 1.96 bits per heavy atom. The third-order valence-corrected chi connectivity index (χ3v) is 4.63. The zero-order valence-corrected chi connectivity index (χ0v) is 13.4. The summed E-state index contributed by atoms with van der Waals surface area (Å²) in [5.41, 5.74) is 5.91. The molecular formula is C19H15N4O+. The van der Waals surface area contributed by atoms with E-state index in [1.165, 1.54) is 16.3 Å². The van der Waals surface area contributed by atoms with Crippen molar-refractivity contribution in [2.45, 2.75) is 6.92 Å². The molecule has 3 aromatic heterocycles. The van der Waals surface area contributed by atoms with Crippen molar-refractivity contribution < 1.29 is 9.20 Å². The van der Waals surface area contributed by atoms with Crippen LogP contribution in [-0.4, -0.2) is 14.7 Å². The van der Waals surface area contributed by atoms with E-state index in [1.54, 1.807) is 17.0 Å². The van der Waals surface area contributed by atoms with Gasteiger partial charge in [-0.05, 0) is 34.4 Å². The van der Waals surface area contributed by atoms with Gasteiger partial charge in [0.15, 0.2) is 18.2 Å². The molecule has 5 heteroatoms. The van der Waals surface area contributed by atoms with Crippen LogP contribution in [0.2, 0.25) is 0 Å². The predicted molar refractivity (Wildman–Crippen MR) is 91.6 cm³/mol. The van der Waals surface area contributed by atoms with Gasteiger partial charge in [-0.25, -0.2) is 4.98 Å². The van der Waals surface area contributed by atoms with E-state index in [4.69, 9.17) is 9.51 Å². The fourth-order valence-corrected chi connectivity index (χ4v) is 3.43. The summed E-state index contributed by atoms with van der Waals surface area (Å²) in [4.78, 5) is 4.74. The molecule has 0 N–H and O–H groups in total. The topological polar surface area (TPSA) is 47.2 Å². The summed E-state index contributed by atoms with van der Waals surface area (Å²) in [6.45, 7) is 2.15. The monoisotopic (exact) mass is 315 g/mol. The molecule has 0 saturated heterocycles. The highest BCUT2D eigenvalue weighted by Gasteiger charge is 2.24. The second-order valence-corrected chi connectivity index (χ2v) is 5.98. The number of imidazole rings is 1. The number of hydrogen-bond acceptors (Lipinski definition) is 3. The van der Waals surface area contributed by atoms with Crippen LogP contribution >= 0.6 is 0 Å². The molecule has 0 amide bonds. The lowest BCUT2D eigenvalue weighted by Gasteiger charge is -2.07. The highest BCUT2D eigenvalue weighted by Crippen LogP contribution is 2.31. The van der Waals surface area contributed by atoms with Crippen LogP contribution in [0.25, 0.3) is 38.7 Å². The van der Waals surface area contributed by atoms with Gasteiger partial charge in [0.2, 0.25) is 0 Å². The minimum absolute atomic E-state index is 0.790. The van der Waals surface area contributed by atoms with Gasteiger partial charge < -0.3 is 4.52 Å². The summed E-state index contributed by atoms with van der Waals surface area (Å²) in [5, 5.41) is 6.98. The molecule has 5 rings (SSSR count). The van der Waals surface area contributed by atoms with E-state index in [2.05, 4.69) is 48.4 Å². The normalized spacial score (nSPS) is 11.8. The van der Waals surface area contributed by atoms with Crippen LogP contribution in [0.15, 0.2) is 59.4 Å². The van der Waals surface area contributed by atoms with Gasteiger partial charge in [0.05, 0.1) is 5.56 Å². The number of aryl methyl sites for hydroxylation is 2. The van der Waals surface area contributed by atoms with Crippen LogP contribution in [0.3, 0.4) is 0 Å². The molecule has 0 saturated carbocycles. The molecule has 0 bridgehead atoms. The van der Waals surface area contributed by atoms with Crippen molar-refractivity contribution in [2.75, 3.05) is 0 Å². The molecule has 0 aliphatic heterocycles. The Balaban J connectivity index is 1.92. The fourth-order valence-electron chi connectivity index (χ4n) is 3.43. The minimum atomic E-state index is 0.790. The largest absolute Gasteiger partial charge is 0.381 e. The Kier molecular flexibility index (Phi) is 2.56. The first kappa shape index (κ1) is 13.2. The van der Waals surface area contributed by atoms with E-state index in [0.717, 1.165) is 27.9 Å². The molecule has 0 aliphatic rings. The van der Waals surface area contributed by atoms with Gasteiger partial charge >= 0.3 is 0 Å². The molecule has 0 spiro atoms. The van der Waals surface area contributed by atoms with Crippen LogP contribution in [0, 0.1) is 6.92 Å². The summed E-state index contributed by atoms with van der Waals surface area (Å²) in [7, 11) is 1.95. The maximum atomic E-state index is 5.51. The van der Waals surface area contributed by atoms with Crippen molar-refractivity contribution in [1.82, 2.24) is 14.7 Å². The summed E-state index contributed by atoms with van der Waals surface area (Å²) in [5.74, 6) is 0. The van der Waals surface area contributed by atoms with E-state index < -0.39 is 0 Å². The second kappa shape index (κ2) is 4.64. The van der Waals surface area contributed by atoms with Gasteiger partial charge in [-0.3, -0.25) is 0 Å². The van der Waals surface area contributed by atoms with Gasteiger partial charge in [-0.2, -0.15) is 4.57 Å². The maximum absolute atomic E-state index is 5.51. The summed E-state index contributed by atoms with van der Waals surface area (Å²) < 4.78 is 9.10. The molecule has 2 aromatic carbocycles. The summed E-state index contributed by atoms with van der Waals surface area (Å²) >= 11 is 0. The highest BCUT2D eigenvalue weighted by molar-refractivity contribution is 5.96. The molecule has 116 valence electrons. The lowest BCUT2D eigenvalue weighted by Crippen LogP contribution is -2.35. The number of hydrogen-bond donors (Lipinski definition) is 0. The zero-order valence-electron chi connectivity index (χ0n) is 13.4. The van der Waals surface area contributed by atoms with Crippen LogP contribution in [0.1, 0.15) is 5.56 Å². The number of nitrogens with zero attached hydrogens (tertiary/aromatic N) is 4. The minimum Gasteiger partial charge on any atom is -0.381 e. The highest BCUT2D eigenvalue weighted by atomic mass is 16.5. The van der Waals surface area contributed by atoms with Crippen LogP contribution in [0.4, 0.5) is 0 Å². The first-order valence-corrected chi connectivity index (χ1v) is 7.84. The molecule has 0 unspecified atom stereocenters. The number of rotatable bonds is 1. The van der Waals surface area contributed by atoms with Crippen molar-refractivity contribution in [3.05, 3.63) is 60.5 Å². The van der Waals surface area contributed by atoms with Crippen molar-refractivity contribution >= 4 is 27.5 Å². The average Bonchev–Trinajstić information content (AvgIpc) is 3.17. The molecule has 0 atom stereocenters. The van der Waals surface area contributed by atoms with Crippen molar-refractivity contribution in [3.63, 3.8) is 0 Å². The first-order valence-electron chi connectivity index (χ1n) is 7.84. The van der Waals surface area contributed by atoms with Gasteiger partial charge in [0.25, 0.3) is 5.69 Å². The molecular weight excluding hydrogens is 300 g/mol. The fraction of sp³-hybridized carbons (Fsp3) is 0.105. The number of benzene rings is 2. The Hall–Kier alpha value is -3.21. The van der Waals surface area contributed by atoms with E-state index in [-0.39, 0.29) is 0 Å². The van der Waals surface area contributed by atoms with Crippen LogP contribution < -0.4 is 4.68 Å². The van der Waals surface area contributed by atoms with Crippen molar-refractivity contribution in [2.24, 2.45) is 7.05 Å². The van der Waals surface area contributed by atoms with Crippen molar-refractivity contribution in [1.29, 1.82) is 0 Å². The lowest BCUT2D eigenvalue weighted by atomic mass is 9.97. The zero-order chi connectivity index (χ0) is 16.3. The second-order valence-electron chi connectivity index (χ2n) is 5.98. The Morgan fingerprint density at radius 3 is 2.88 bits per heavy atom. The summed E-state index contributed by atoms with van der Waals surface area (Å²) in [6, 6.07) is 14.6. The quantitative estimate of drug-likeness (QED) is 0.445. The third kappa shape index (κ3) is 1.66. The predicted octanol–water partition coefficient (Wildman–Crippen LogP) is 3.43. The Morgan fingerprint density at radius 1 is 1.08 bits per heavy atom. The standard InChI is InChI=1S/C19H15N4O/c1-12-14-6-4-3-5-13(14)7-8-15(12)19-18-16(11-20-22(19)2)23-17(21-18)9-10-24-23/h3-11H,1-2H3/q+1. The SMILES string of the molecule is Cc1c(-c2c3nc4ccon4c3cn[n+]2C)ccc2ccccc12. The van der Waals surface area contributed by atoms with Gasteiger partial charge in [0.1, 0.15) is 18.0 Å². The molecule has 5 nitrogen and oxygen atoms in total. The lowest BCUT2D eigenvalue weighted by molar-refractivity contribution is -0.719. The molecule has 0 radical (unpaired) electrons. The number of fused-ring (bicyclic) bond motifs is 4. The van der Waals surface area contributed by atoms with Crippen molar-refractivity contribution in [3.8, 4) is 11.3 Å². The maximum Gasteiger partial charge on any atom is 0.267 e. The van der Waals surface area contributed by atoms with Gasteiger partial charge in [-0.1, -0.05) is 35.0 Å². The average molecular weight is 315 g/mol. The molecule has 3 heterocycles. The number of aromatic nitrogens is 4. The molecule has 5 aromatic rings. The van der Waals surface area contributed by atoms with Gasteiger partial charge in [0, 0.05) is 6.07 Å². The molecule has 0 aliphatic carbocycles. The summed E-state index contributed by atoms with van der Waals surface area (Å²) in [6.07, 6.45) is 3.43.